The molecule has 0 aliphatic rings. The first-order valence-corrected chi connectivity index (χ1v) is 4.74. The highest BCUT2D eigenvalue weighted by molar-refractivity contribution is 6.32. The van der Waals surface area contributed by atoms with E-state index in [0.29, 0.717) is 11.4 Å². The van der Waals surface area contributed by atoms with Crippen molar-refractivity contribution in [1.29, 1.82) is 0 Å². The summed E-state index contributed by atoms with van der Waals surface area (Å²) in [5.74, 6) is 0.0128. The van der Waals surface area contributed by atoms with Crippen LogP contribution in [0.2, 0.25) is 5.02 Å². The molecule has 14 heavy (non-hydrogen) atoms. The van der Waals surface area contributed by atoms with Crippen LogP contribution in [0.15, 0.2) is 18.2 Å². The average Bonchev–Trinajstić information content (AvgIpc) is 2.09. The number of benzene rings is 1. The van der Waals surface area contributed by atoms with E-state index in [1.54, 1.807) is 19.1 Å². The van der Waals surface area contributed by atoms with Crippen LogP contribution in [0.4, 0.5) is 0 Å². The molecular formula is C10H14ClNO2. The topological polar surface area (TPSA) is 66.5 Å². The first kappa shape index (κ1) is 11.3. The van der Waals surface area contributed by atoms with Crippen molar-refractivity contribution in [2.45, 2.75) is 18.9 Å². The number of hydrogen-bond donors (Lipinski definition) is 3. The predicted molar refractivity (Wildman–Crippen MR) is 56.4 cm³/mol. The molecule has 0 aliphatic carbocycles. The van der Waals surface area contributed by atoms with Crippen LogP contribution in [-0.2, 0) is 5.54 Å². The molecule has 0 radical (unpaired) electrons. The minimum absolute atomic E-state index is 0.0103. The van der Waals surface area contributed by atoms with Gasteiger partial charge in [-0.15, -0.1) is 0 Å². The number of phenols is 1. The standard InChI is InChI=1S/C10H14ClNO2/c1-10(12,4-5-13)7-2-3-8(11)9(14)6-7/h2-3,6,13-14H,4-5,12H2,1H3/t10-/m0/s1. The summed E-state index contributed by atoms with van der Waals surface area (Å²) in [6.45, 7) is 1.81. The van der Waals surface area contributed by atoms with Crippen molar-refractivity contribution in [3.8, 4) is 5.75 Å². The molecule has 1 aromatic carbocycles. The second-order valence-corrected chi connectivity index (χ2v) is 3.96. The highest BCUT2D eigenvalue weighted by Crippen LogP contribution is 2.29. The Morgan fingerprint density at radius 3 is 2.64 bits per heavy atom. The van der Waals surface area contributed by atoms with Gasteiger partial charge in [-0.25, -0.2) is 0 Å². The quantitative estimate of drug-likeness (QED) is 0.718. The summed E-state index contributed by atoms with van der Waals surface area (Å²) in [6, 6.07) is 4.87. The van der Waals surface area contributed by atoms with Crippen molar-refractivity contribution in [3.05, 3.63) is 28.8 Å². The third-order valence-corrected chi connectivity index (χ3v) is 2.56. The SMILES string of the molecule is C[C@](N)(CCO)c1ccc(Cl)c(O)c1. The summed E-state index contributed by atoms with van der Waals surface area (Å²) in [5.41, 5.74) is 6.07. The van der Waals surface area contributed by atoms with Crippen LogP contribution in [0.5, 0.6) is 5.75 Å². The number of aliphatic hydroxyl groups excluding tert-OH is 1. The zero-order chi connectivity index (χ0) is 10.8. The number of phenolic OH excluding ortho intramolecular Hbond substituents is 1. The van der Waals surface area contributed by atoms with E-state index < -0.39 is 5.54 Å². The second-order valence-electron chi connectivity index (χ2n) is 3.56. The van der Waals surface area contributed by atoms with Gasteiger partial charge in [-0.1, -0.05) is 17.7 Å². The summed E-state index contributed by atoms with van der Waals surface area (Å²) >= 11 is 5.67. The van der Waals surface area contributed by atoms with Gasteiger partial charge in [0, 0.05) is 12.1 Å². The van der Waals surface area contributed by atoms with Crippen LogP contribution < -0.4 is 5.73 Å². The van der Waals surface area contributed by atoms with Crippen LogP contribution in [0.1, 0.15) is 18.9 Å². The Morgan fingerprint density at radius 1 is 1.50 bits per heavy atom. The molecule has 0 spiro atoms. The molecule has 1 aromatic rings. The molecule has 0 aromatic heterocycles. The van der Waals surface area contributed by atoms with Gasteiger partial charge in [-0.3, -0.25) is 0 Å². The fourth-order valence-electron chi connectivity index (χ4n) is 1.24. The van der Waals surface area contributed by atoms with Gasteiger partial charge in [0.05, 0.1) is 5.02 Å². The van der Waals surface area contributed by atoms with Crippen molar-refractivity contribution >= 4 is 11.6 Å². The van der Waals surface area contributed by atoms with E-state index in [4.69, 9.17) is 22.4 Å². The largest absolute Gasteiger partial charge is 0.506 e. The third kappa shape index (κ3) is 2.38. The van der Waals surface area contributed by atoms with Crippen molar-refractivity contribution < 1.29 is 10.2 Å². The lowest BCUT2D eigenvalue weighted by Crippen LogP contribution is -2.33. The number of rotatable bonds is 3. The molecule has 78 valence electrons. The molecule has 0 unspecified atom stereocenters. The number of halogens is 1. The summed E-state index contributed by atoms with van der Waals surface area (Å²) in [5, 5.41) is 18.5. The van der Waals surface area contributed by atoms with Crippen LogP contribution >= 0.6 is 11.6 Å². The molecular weight excluding hydrogens is 202 g/mol. The molecule has 1 rings (SSSR count). The van der Waals surface area contributed by atoms with Gasteiger partial charge in [0.1, 0.15) is 5.75 Å². The van der Waals surface area contributed by atoms with E-state index in [9.17, 15) is 5.11 Å². The van der Waals surface area contributed by atoms with Crippen LogP contribution in [-0.4, -0.2) is 16.8 Å². The molecule has 0 heterocycles. The average molecular weight is 216 g/mol. The summed E-state index contributed by atoms with van der Waals surface area (Å²) in [4.78, 5) is 0. The Bertz CT molecular complexity index is 326. The van der Waals surface area contributed by atoms with E-state index in [1.165, 1.54) is 6.07 Å². The highest BCUT2D eigenvalue weighted by Gasteiger charge is 2.21. The van der Waals surface area contributed by atoms with Crippen molar-refractivity contribution in [1.82, 2.24) is 0 Å². The lowest BCUT2D eigenvalue weighted by atomic mass is 9.90. The van der Waals surface area contributed by atoms with Crippen LogP contribution in [0.3, 0.4) is 0 Å². The minimum Gasteiger partial charge on any atom is -0.506 e. The van der Waals surface area contributed by atoms with E-state index in [0.717, 1.165) is 5.56 Å². The summed E-state index contributed by atoms with van der Waals surface area (Å²) in [7, 11) is 0. The van der Waals surface area contributed by atoms with Crippen molar-refractivity contribution in [2.24, 2.45) is 5.73 Å². The molecule has 0 saturated heterocycles. The number of aliphatic hydroxyl groups is 1. The molecule has 0 saturated carbocycles. The lowest BCUT2D eigenvalue weighted by Gasteiger charge is -2.24. The first-order valence-electron chi connectivity index (χ1n) is 4.36. The molecule has 0 amide bonds. The molecule has 4 heteroatoms. The summed E-state index contributed by atoms with van der Waals surface area (Å²) < 4.78 is 0. The fourth-order valence-corrected chi connectivity index (χ4v) is 1.36. The lowest BCUT2D eigenvalue weighted by molar-refractivity contribution is 0.247. The van der Waals surface area contributed by atoms with Gasteiger partial charge in [0.15, 0.2) is 0 Å². The Kier molecular flexibility index (Phi) is 3.37. The Morgan fingerprint density at radius 2 is 2.14 bits per heavy atom. The van der Waals surface area contributed by atoms with E-state index in [-0.39, 0.29) is 12.4 Å². The normalized spacial score (nSPS) is 15.1. The monoisotopic (exact) mass is 215 g/mol. The van der Waals surface area contributed by atoms with E-state index in [1.807, 2.05) is 0 Å². The smallest absolute Gasteiger partial charge is 0.134 e. The Hall–Kier alpha value is -0.770. The van der Waals surface area contributed by atoms with E-state index in [2.05, 4.69) is 0 Å². The van der Waals surface area contributed by atoms with Crippen LogP contribution in [0, 0.1) is 0 Å². The fraction of sp³-hybridized carbons (Fsp3) is 0.400. The maximum absolute atomic E-state index is 9.38. The molecule has 0 fully saturated rings. The second kappa shape index (κ2) is 4.17. The first-order chi connectivity index (χ1) is 6.47. The predicted octanol–water partition coefficient (Wildman–Crippen LogP) is 1.60. The van der Waals surface area contributed by atoms with Crippen LogP contribution in [0.25, 0.3) is 0 Å². The number of aromatic hydroxyl groups is 1. The zero-order valence-electron chi connectivity index (χ0n) is 8.00. The van der Waals surface area contributed by atoms with Gasteiger partial charge >= 0.3 is 0 Å². The van der Waals surface area contributed by atoms with E-state index >= 15 is 0 Å². The van der Waals surface area contributed by atoms with Gasteiger partial charge in [0.2, 0.25) is 0 Å². The number of hydrogen-bond acceptors (Lipinski definition) is 3. The highest BCUT2D eigenvalue weighted by atomic mass is 35.5. The summed E-state index contributed by atoms with van der Waals surface area (Å²) in [6.07, 6.45) is 0.439. The molecule has 0 bridgehead atoms. The maximum atomic E-state index is 9.38. The van der Waals surface area contributed by atoms with Crippen molar-refractivity contribution in [3.63, 3.8) is 0 Å². The molecule has 0 aliphatic heterocycles. The Labute approximate surface area is 88.1 Å². The van der Waals surface area contributed by atoms with Gasteiger partial charge in [-0.2, -0.15) is 0 Å². The molecule has 3 nitrogen and oxygen atoms in total. The van der Waals surface area contributed by atoms with Gasteiger partial charge in [-0.05, 0) is 31.0 Å². The maximum Gasteiger partial charge on any atom is 0.134 e. The van der Waals surface area contributed by atoms with Gasteiger partial charge in [0.25, 0.3) is 0 Å². The third-order valence-electron chi connectivity index (χ3n) is 2.24. The zero-order valence-corrected chi connectivity index (χ0v) is 8.75. The van der Waals surface area contributed by atoms with Gasteiger partial charge < -0.3 is 15.9 Å². The minimum atomic E-state index is -0.642. The molecule has 4 N–H and O–H groups in total. The van der Waals surface area contributed by atoms with Crippen molar-refractivity contribution in [2.75, 3.05) is 6.61 Å². The molecule has 1 atom stereocenters. The Balaban J connectivity index is 3.01. The number of nitrogens with two attached hydrogens (primary N) is 1.